The zero-order chi connectivity index (χ0) is 18.9. The number of benzene rings is 1. The first-order chi connectivity index (χ1) is 13.8. The van der Waals surface area contributed by atoms with Gasteiger partial charge in [0.15, 0.2) is 0 Å². The Balaban J connectivity index is 1.30. The molecule has 0 saturated carbocycles. The second-order valence-corrected chi connectivity index (χ2v) is 8.24. The molecule has 1 aromatic carbocycles. The molecule has 150 valence electrons. The Morgan fingerprint density at radius 2 is 2.04 bits per heavy atom. The first-order valence-electron chi connectivity index (χ1n) is 10.4. The molecule has 5 rings (SSSR count). The van der Waals surface area contributed by atoms with Crippen LogP contribution in [0, 0.1) is 0 Å². The summed E-state index contributed by atoms with van der Waals surface area (Å²) in [5.41, 5.74) is 3.74. The molecule has 2 saturated heterocycles. The number of nitrogens with zero attached hydrogens (tertiary/aromatic N) is 5. The maximum absolute atomic E-state index is 6.04. The minimum Gasteiger partial charge on any atom is -0.496 e. The average Bonchev–Trinajstić information content (AvgIpc) is 3.40. The van der Waals surface area contributed by atoms with Gasteiger partial charge in [-0.25, -0.2) is 4.68 Å². The van der Waals surface area contributed by atoms with E-state index in [0.717, 1.165) is 44.0 Å². The molecule has 2 fully saturated rings. The molecule has 0 unspecified atom stereocenters. The van der Waals surface area contributed by atoms with Crippen LogP contribution in [0.3, 0.4) is 0 Å². The minimum atomic E-state index is 0.257. The summed E-state index contributed by atoms with van der Waals surface area (Å²) in [6.07, 6.45) is 5.74. The van der Waals surface area contributed by atoms with Gasteiger partial charge >= 0.3 is 0 Å². The molecule has 0 bridgehead atoms. The summed E-state index contributed by atoms with van der Waals surface area (Å²) < 4.78 is 13.7. The van der Waals surface area contributed by atoms with Gasteiger partial charge in [0, 0.05) is 31.7 Å². The van der Waals surface area contributed by atoms with Crippen molar-refractivity contribution in [1.29, 1.82) is 0 Å². The summed E-state index contributed by atoms with van der Waals surface area (Å²) in [6.45, 7) is 6.97. The van der Waals surface area contributed by atoms with Crippen LogP contribution in [0.15, 0.2) is 24.4 Å². The number of piperidine rings is 1. The Kier molecular flexibility index (Phi) is 5.05. The van der Waals surface area contributed by atoms with E-state index in [4.69, 9.17) is 9.47 Å². The second-order valence-electron chi connectivity index (χ2n) is 8.24. The van der Waals surface area contributed by atoms with E-state index in [9.17, 15) is 0 Å². The maximum atomic E-state index is 6.04. The lowest BCUT2D eigenvalue weighted by atomic mass is 9.99. The molecule has 0 spiro atoms. The zero-order valence-corrected chi connectivity index (χ0v) is 16.6. The van der Waals surface area contributed by atoms with Crippen molar-refractivity contribution in [2.24, 2.45) is 0 Å². The Hall–Kier alpha value is -1.96. The van der Waals surface area contributed by atoms with Crippen LogP contribution in [0.2, 0.25) is 0 Å². The molecule has 2 atom stereocenters. The van der Waals surface area contributed by atoms with Crippen LogP contribution >= 0.6 is 0 Å². The highest BCUT2D eigenvalue weighted by atomic mass is 16.5. The zero-order valence-electron chi connectivity index (χ0n) is 16.6. The summed E-state index contributed by atoms with van der Waals surface area (Å²) in [6, 6.07) is 6.94. The van der Waals surface area contributed by atoms with Crippen LogP contribution in [0.25, 0.3) is 0 Å². The smallest absolute Gasteiger partial charge is 0.123 e. The highest BCUT2D eigenvalue weighted by Gasteiger charge is 2.36. The number of methoxy groups -OCH3 is 1. The third kappa shape index (κ3) is 3.54. The van der Waals surface area contributed by atoms with Crippen LogP contribution in [-0.4, -0.2) is 64.2 Å². The maximum Gasteiger partial charge on any atom is 0.123 e. The number of fused-ring (bicyclic) bond motifs is 3. The molecule has 0 aliphatic carbocycles. The summed E-state index contributed by atoms with van der Waals surface area (Å²) >= 11 is 0. The van der Waals surface area contributed by atoms with E-state index in [-0.39, 0.29) is 12.1 Å². The molecule has 7 heteroatoms. The standard InChI is InChI=1S/C21H29N5O2/c1-27-20-5-4-16(10-17(20)13-24-7-2-3-8-24)12-25-9-6-21-19(14-25)26-18(15-28-21)11-22-23-26/h4-5,10-11,19,21H,2-3,6-9,12-15H2,1H3/t19-,21+/m1/s1. The van der Waals surface area contributed by atoms with Crippen molar-refractivity contribution in [3.63, 3.8) is 0 Å². The second kappa shape index (κ2) is 7.81. The fourth-order valence-corrected chi connectivity index (χ4v) is 4.88. The van der Waals surface area contributed by atoms with Crippen LogP contribution in [0.1, 0.15) is 42.1 Å². The van der Waals surface area contributed by atoms with E-state index in [1.54, 1.807) is 7.11 Å². The molecule has 0 radical (unpaired) electrons. The van der Waals surface area contributed by atoms with Crippen LogP contribution in [-0.2, 0) is 24.4 Å². The third-order valence-corrected chi connectivity index (χ3v) is 6.36. The van der Waals surface area contributed by atoms with Gasteiger partial charge in [-0.1, -0.05) is 11.3 Å². The van der Waals surface area contributed by atoms with E-state index in [1.807, 2.05) is 6.20 Å². The van der Waals surface area contributed by atoms with Gasteiger partial charge in [0.2, 0.25) is 0 Å². The average molecular weight is 383 g/mol. The van der Waals surface area contributed by atoms with Gasteiger partial charge in [0.25, 0.3) is 0 Å². The van der Waals surface area contributed by atoms with Crippen molar-refractivity contribution in [3.05, 3.63) is 41.2 Å². The van der Waals surface area contributed by atoms with Crippen molar-refractivity contribution in [2.75, 3.05) is 33.3 Å². The fourth-order valence-electron chi connectivity index (χ4n) is 4.88. The molecule has 3 aliphatic heterocycles. The molecular formula is C21H29N5O2. The largest absolute Gasteiger partial charge is 0.496 e. The highest BCUT2D eigenvalue weighted by molar-refractivity contribution is 5.37. The summed E-state index contributed by atoms with van der Waals surface area (Å²) in [5, 5.41) is 8.39. The molecule has 2 aromatic rings. The van der Waals surface area contributed by atoms with Gasteiger partial charge in [0.1, 0.15) is 5.75 Å². The topological polar surface area (TPSA) is 55.7 Å². The Morgan fingerprint density at radius 3 is 2.89 bits per heavy atom. The highest BCUT2D eigenvalue weighted by Crippen LogP contribution is 2.31. The number of hydrogen-bond acceptors (Lipinski definition) is 6. The van der Waals surface area contributed by atoms with E-state index >= 15 is 0 Å². The lowest BCUT2D eigenvalue weighted by Crippen LogP contribution is -2.47. The predicted molar refractivity (Wildman–Crippen MR) is 105 cm³/mol. The van der Waals surface area contributed by atoms with Gasteiger partial charge < -0.3 is 9.47 Å². The molecule has 0 amide bonds. The quantitative estimate of drug-likeness (QED) is 0.789. The first kappa shape index (κ1) is 18.1. The van der Waals surface area contributed by atoms with Gasteiger partial charge in [-0.3, -0.25) is 9.80 Å². The predicted octanol–water partition coefficient (Wildman–Crippen LogP) is 2.23. The number of likely N-dealkylation sites (tertiary alicyclic amines) is 2. The molecule has 0 N–H and O–H groups in total. The fraction of sp³-hybridized carbons (Fsp3) is 0.619. The van der Waals surface area contributed by atoms with Crippen LogP contribution in [0.4, 0.5) is 0 Å². The molecule has 28 heavy (non-hydrogen) atoms. The van der Waals surface area contributed by atoms with E-state index in [1.165, 1.54) is 37.1 Å². The number of rotatable bonds is 5. The van der Waals surface area contributed by atoms with E-state index in [2.05, 4.69) is 43.0 Å². The molecule has 3 aliphatic rings. The van der Waals surface area contributed by atoms with Crippen molar-refractivity contribution < 1.29 is 9.47 Å². The van der Waals surface area contributed by atoms with Gasteiger partial charge in [-0.2, -0.15) is 0 Å². The summed E-state index contributed by atoms with van der Waals surface area (Å²) in [4.78, 5) is 5.04. The van der Waals surface area contributed by atoms with Gasteiger partial charge in [-0.15, -0.1) is 5.10 Å². The normalized spacial score (nSPS) is 25.5. The Morgan fingerprint density at radius 1 is 1.14 bits per heavy atom. The number of ether oxygens (including phenoxy) is 2. The van der Waals surface area contributed by atoms with Crippen molar-refractivity contribution >= 4 is 0 Å². The molecule has 1 aromatic heterocycles. The molecule has 7 nitrogen and oxygen atoms in total. The number of hydrogen-bond donors (Lipinski definition) is 0. The van der Waals surface area contributed by atoms with Gasteiger partial charge in [-0.05, 0) is 50.0 Å². The van der Waals surface area contributed by atoms with Crippen molar-refractivity contribution in [2.45, 2.75) is 51.1 Å². The van der Waals surface area contributed by atoms with Gasteiger partial charge in [0.05, 0.1) is 37.8 Å². The Bertz CT molecular complexity index is 817. The lowest BCUT2D eigenvalue weighted by Gasteiger charge is -2.41. The first-order valence-corrected chi connectivity index (χ1v) is 10.4. The van der Waals surface area contributed by atoms with E-state index < -0.39 is 0 Å². The summed E-state index contributed by atoms with van der Waals surface area (Å²) in [5.74, 6) is 1.00. The summed E-state index contributed by atoms with van der Waals surface area (Å²) in [7, 11) is 1.77. The molecular weight excluding hydrogens is 354 g/mol. The monoisotopic (exact) mass is 383 g/mol. The van der Waals surface area contributed by atoms with Crippen molar-refractivity contribution in [1.82, 2.24) is 24.8 Å². The minimum absolute atomic E-state index is 0.257. The van der Waals surface area contributed by atoms with E-state index in [0.29, 0.717) is 6.61 Å². The van der Waals surface area contributed by atoms with Crippen LogP contribution < -0.4 is 4.74 Å². The Labute approximate surface area is 166 Å². The van der Waals surface area contributed by atoms with Crippen molar-refractivity contribution in [3.8, 4) is 5.75 Å². The number of aromatic nitrogens is 3. The lowest BCUT2D eigenvalue weighted by molar-refractivity contribution is -0.0669. The van der Waals surface area contributed by atoms with Crippen LogP contribution in [0.5, 0.6) is 5.75 Å². The third-order valence-electron chi connectivity index (χ3n) is 6.36. The SMILES string of the molecule is COc1ccc(CN2CC[C@@H]3OCc4cnnn4[C@@H]3C2)cc1CN1CCCC1. The molecule has 4 heterocycles.